The standard InChI is InChI=1S/C14H17Br2NS2/c1-3-9-5-6-10(18-9)7-12(17-4-2)11-8-13(15)19-14(11)16/h5-6,8,12,17H,3-4,7H2,1-2H3. The van der Waals surface area contributed by atoms with Gasteiger partial charge in [0.1, 0.15) is 0 Å². The summed E-state index contributed by atoms with van der Waals surface area (Å²) in [4.78, 5) is 2.92. The molecule has 1 atom stereocenters. The summed E-state index contributed by atoms with van der Waals surface area (Å²) in [6, 6.07) is 7.12. The summed E-state index contributed by atoms with van der Waals surface area (Å²) in [5.41, 5.74) is 1.35. The van der Waals surface area contributed by atoms with Crippen LogP contribution in [0.2, 0.25) is 0 Å². The zero-order valence-electron chi connectivity index (χ0n) is 11.0. The van der Waals surface area contributed by atoms with E-state index in [0.717, 1.165) is 19.4 Å². The predicted octanol–water partition coefficient (Wildman–Crippen LogP) is 5.79. The van der Waals surface area contributed by atoms with Crippen molar-refractivity contribution in [3.8, 4) is 0 Å². The van der Waals surface area contributed by atoms with Crippen LogP contribution in [-0.2, 0) is 12.8 Å². The molecule has 1 N–H and O–H groups in total. The molecule has 0 amide bonds. The van der Waals surface area contributed by atoms with Crippen molar-refractivity contribution >= 4 is 54.5 Å². The molecule has 2 aromatic rings. The quantitative estimate of drug-likeness (QED) is 0.620. The van der Waals surface area contributed by atoms with Gasteiger partial charge in [-0.2, -0.15) is 0 Å². The third-order valence-electron chi connectivity index (χ3n) is 2.98. The molecule has 0 spiro atoms. The Morgan fingerprint density at radius 3 is 2.42 bits per heavy atom. The molecular formula is C14H17Br2NS2. The number of hydrogen-bond donors (Lipinski definition) is 1. The average Bonchev–Trinajstić information content (AvgIpc) is 2.95. The topological polar surface area (TPSA) is 12.0 Å². The Morgan fingerprint density at radius 1 is 1.16 bits per heavy atom. The maximum Gasteiger partial charge on any atom is 0.0758 e. The van der Waals surface area contributed by atoms with E-state index in [1.807, 2.05) is 11.3 Å². The van der Waals surface area contributed by atoms with Crippen molar-refractivity contribution in [2.45, 2.75) is 32.7 Å². The lowest BCUT2D eigenvalue weighted by atomic mass is 10.1. The highest BCUT2D eigenvalue weighted by Gasteiger charge is 2.17. The summed E-state index contributed by atoms with van der Waals surface area (Å²) in [7, 11) is 0. The van der Waals surface area contributed by atoms with Gasteiger partial charge in [-0.25, -0.2) is 0 Å². The van der Waals surface area contributed by atoms with Crippen LogP contribution in [0.15, 0.2) is 25.8 Å². The first-order valence-corrected chi connectivity index (χ1v) is 9.61. The fraction of sp³-hybridized carbons (Fsp3) is 0.429. The van der Waals surface area contributed by atoms with Crippen molar-refractivity contribution < 1.29 is 0 Å². The van der Waals surface area contributed by atoms with Gasteiger partial charge >= 0.3 is 0 Å². The molecule has 0 radical (unpaired) electrons. The molecular weight excluding hydrogens is 406 g/mol. The third-order valence-corrected chi connectivity index (χ3v) is 6.62. The van der Waals surface area contributed by atoms with E-state index in [1.54, 1.807) is 11.3 Å². The van der Waals surface area contributed by atoms with Crippen molar-refractivity contribution in [2.24, 2.45) is 0 Å². The second-order valence-electron chi connectivity index (χ2n) is 4.32. The number of rotatable bonds is 6. The first kappa shape index (κ1) is 15.7. The van der Waals surface area contributed by atoms with Crippen molar-refractivity contribution in [3.05, 3.63) is 41.1 Å². The van der Waals surface area contributed by atoms with E-state index in [2.05, 4.69) is 69.2 Å². The fourth-order valence-electron chi connectivity index (χ4n) is 2.05. The van der Waals surface area contributed by atoms with Gasteiger partial charge in [0.25, 0.3) is 0 Å². The molecule has 0 fully saturated rings. The van der Waals surface area contributed by atoms with Crippen molar-refractivity contribution in [1.82, 2.24) is 5.32 Å². The molecule has 0 aliphatic rings. The zero-order valence-corrected chi connectivity index (χ0v) is 15.8. The summed E-state index contributed by atoms with van der Waals surface area (Å²) >= 11 is 10.9. The Kier molecular flexibility index (Phi) is 6.09. The van der Waals surface area contributed by atoms with Gasteiger partial charge in [0.15, 0.2) is 0 Å². The van der Waals surface area contributed by atoms with Crippen molar-refractivity contribution in [2.75, 3.05) is 6.54 Å². The minimum absolute atomic E-state index is 0.380. The minimum Gasteiger partial charge on any atom is -0.310 e. The number of halogens is 2. The average molecular weight is 423 g/mol. The Morgan fingerprint density at radius 2 is 1.89 bits per heavy atom. The third kappa shape index (κ3) is 4.14. The number of thiophene rings is 2. The number of nitrogens with one attached hydrogen (secondary N) is 1. The minimum atomic E-state index is 0.380. The second-order valence-corrected chi connectivity index (χ2v) is 9.32. The zero-order chi connectivity index (χ0) is 13.8. The summed E-state index contributed by atoms with van der Waals surface area (Å²) in [6.07, 6.45) is 2.19. The monoisotopic (exact) mass is 421 g/mol. The van der Waals surface area contributed by atoms with Gasteiger partial charge in [0.05, 0.1) is 7.57 Å². The molecule has 0 aliphatic carbocycles. The van der Waals surface area contributed by atoms with E-state index in [4.69, 9.17) is 0 Å². The predicted molar refractivity (Wildman–Crippen MR) is 93.5 cm³/mol. The Bertz CT molecular complexity index is 533. The lowest BCUT2D eigenvalue weighted by molar-refractivity contribution is 0.553. The number of likely N-dealkylation sites (N-methyl/N-ethyl adjacent to an activating group) is 1. The number of aryl methyl sites for hydroxylation is 1. The summed E-state index contributed by atoms with van der Waals surface area (Å²) in [5, 5.41) is 3.59. The highest BCUT2D eigenvalue weighted by molar-refractivity contribution is 9.12. The molecule has 1 unspecified atom stereocenters. The van der Waals surface area contributed by atoms with Crippen LogP contribution in [0.25, 0.3) is 0 Å². The van der Waals surface area contributed by atoms with Gasteiger partial charge in [-0.3, -0.25) is 0 Å². The van der Waals surface area contributed by atoms with Gasteiger partial charge in [-0.1, -0.05) is 13.8 Å². The number of hydrogen-bond acceptors (Lipinski definition) is 3. The van der Waals surface area contributed by atoms with Crippen LogP contribution < -0.4 is 5.32 Å². The van der Waals surface area contributed by atoms with Crippen molar-refractivity contribution in [1.29, 1.82) is 0 Å². The molecule has 0 aromatic carbocycles. The Hall–Kier alpha value is 0.320. The first-order chi connectivity index (χ1) is 9.13. The Balaban J connectivity index is 2.18. The molecule has 104 valence electrons. The van der Waals surface area contributed by atoms with E-state index in [0.29, 0.717) is 6.04 Å². The summed E-state index contributed by atoms with van der Waals surface area (Å²) < 4.78 is 2.40. The van der Waals surface area contributed by atoms with Crippen molar-refractivity contribution in [3.63, 3.8) is 0 Å². The van der Waals surface area contributed by atoms with Crippen LogP contribution in [-0.4, -0.2) is 6.54 Å². The lowest BCUT2D eigenvalue weighted by Crippen LogP contribution is -2.22. The maximum atomic E-state index is 3.67. The van der Waals surface area contributed by atoms with Crippen LogP contribution in [0.1, 0.15) is 35.2 Å². The normalized spacial score (nSPS) is 12.8. The van der Waals surface area contributed by atoms with Crippen LogP contribution >= 0.6 is 54.5 Å². The van der Waals surface area contributed by atoms with Gasteiger partial charge in [-0.05, 0) is 68.6 Å². The molecule has 2 aromatic heterocycles. The largest absolute Gasteiger partial charge is 0.310 e. The van der Waals surface area contributed by atoms with Crippen LogP contribution in [0.3, 0.4) is 0 Å². The Labute approximate surface area is 139 Å². The van der Waals surface area contributed by atoms with Gasteiger partial charge < -0.3 is 5.32 Å². The molecule has 0 bridgehead atoms. The van der Waals surface area contributed by atoms with E-state index in [-0.39, 0.29) is 0 Å². The van der Waals surface area contributed by atoms with Gasteiger partial charge in [-0.15, -0.1) is 22.7 Å². The first-order valence-electron chi connectivity index (χ1n) is 6.39. The van der Waals surface area contributed by atoms with Gasteiger partial charge in [0.2, 0.25) is 0 Å². The van der Waals surface area contributed by atoms with E-state index < -0.39 is 0 Å². The highest BCUT2D eigenvalue weighted by atomic mass is 79.9. The molecule has 1 nitrogen and oxygen atoms in total. The molecule has 5 heteroatoms. The smallest absolute Gasteiger partial charge is 0.0758 e. The summed E-state index contributed by atoms with van der Waals surface area (Å²) in [6.45, 7) is 5.36. The molecule has 0 saturated heterocycles. The van der Waals surface area contributed by atoms with Gasteiger partial charge in [0, 0.05) is 22.2 Å². The molecule has 2 rings (SSSR count). The van der Waals surface area contributed by atoms with Crippen LogP contribution in [0.4, 0.5) is 0 Å². The van der Waals surface area contributed by atoms with E-state index in [9.17, 15) is 0 Å². The van der Waals surface area contributed by atoms with Crippen LogP contribution in [0, 0.1) is 0 Å². The van der Waals surface area contributed by atoms with E-state index >= 15 is 0 Å². The second kappa shape index (κ2) is 7.36. The molecule has 2 heterocycles. The van der Waals surface area contributed by atoms with E-state index in [1.165, 1.54) is 22.9 Å². The summed E-state index contributed by atoms with van der Waals surface area (Å²) in [5.74, 6) is 0. The maximum absolute atomic E-state index is 3.67. The lowest BCUT2D eigenvalue weighted by Gasteiger charge is -2.16. The van der Waals surface area contributed by atoms with Crippen LogP contribution in [0.5, 0.6) is 0 Å². The SMILES string of the molecule is CCNC(Cc1ccc(CC)s1)c1cc(Br)sc1Br. The highest BCUT2D eigenvalue weighted by Crippen LogP contribution is 2.37. The molecule has 0 saturated carbocycles. The fourth-order valence-corrected chi connectivity index (χ4v) is 6.03. The molecule has 0 aliphatic heterocycles. The molecule has 19 heavy (non-hydrogen) atoms.